The molecule has 0 fully saturated rings. The largest absolute Gasteiger partial charge is 0.367 e. The molecule has 1 aliphatic heterocycles. The van der Waals surface area contributed by atoms with Crippen LogP contribution < -0.4 is 0 Å². The van der Waals surface area contributed by atoms with E-state index in [1.807, 2.05) is 12.1 Å². The molecule has 0 radical (unpaired) electrons. The van der Waals surface area contributed by atoms with Crippen molar-refractivity contribution in [1.82, 2.24) is 4.98 Å². The molecule has 0 aliphatic carbocycles. The number of pyridine rings is 1. The van der Waals surface area contributed by atoms with Crippen LogP contribution in [-0.2, 0) is 11.3 Å². The predicted octanol–water partition coefficient (Wildman–Crippen LogP) is 3.85. The lowest BCUT2D eigenvalue weighted by Gasteiger charge is -2.26. The molecule has 2 aromatic rings. The van der Waals surface area contributed by atoms with Gasteiger partial charge in [0, 0.05) is 10.9 Å². The monoisotopic (exact) mass is 227 g/mol. The van der Waals surface area contributed by atoms with Crippen LogP contribution in [0, 0.1) is 5.41 Å². The molecule has 2 heterocycles. The molecule has 1 atom stereocenters. The van der Waals surface area contributed by atoms with E-state index in [1.165, 1.54) is 10.9 Å². The van der Waals surface area contributed by atoms with Crippen molar-refractivity contribution < 1.29 is 4.74 Å². The molecule has 0 spiro atoms. The maximum Gasteiger partial charge on any atom is 0.105 e. The minimum Gasteiger partial charge on any atom is -0.367 e. The number of hydrogen-bond donors (Lipinski definition) is 0. The fourth-order valence-corrected chi connectivity index (χ4v) is 2.43. The lowest BCUT2D eigenvalue weighted by Crippen LogP contribution is -2.18. The van der Waals surface area contributed by atoms with E-state index in [2.05, 4.69) is 39.0 Å². The van der Waals surface area contributed by atoms with Crippen LogP contribution >= 0.6 is 0 Å². The molecule has 2 nitrogen and oxygen atoms in total. The van der Waals surface area contributed by atoms with Gasteiger partial charge in [0.1, 0.15) is 6.10 Å². The van der Waals surface area contributed by atoms with Crippen molar-refractivity contribution >= 4 is 10.9 Å². The molecule has 2 heteroatoms. The van der Waals surface area contributed by atoms with Gasteiger partial charge in [-0.2, -0.15) is 0 Å². The third kappa shape index (κ3) is 1.73. The third-order valence-corrected chi connectivity index (χ3v) is 3.28. The average molecular weight is 227 g/mol. The normalized spacial score (nSPS) is 19.6. The van der Waals surface area contributed by atoms with E-state index >= 15 is 0 Å². The Kier molecular flexibility index (Phi) is 2.23. The second kappa shape index (κ2) is 3.54. The van der Waals surface area contributed by atoms with Gasteiger partial charge < -0.3 is 4.74 Å². The van der Waals surface area contributed by atoms with Gasteiger partial charge in [-0.05, 0) is 17.5 Å². The van der Waals surface area contributed by atoms with Crippen molar-refractivity contribution in [2.24, 2.45) is 5.41 Å². The zero-order valence-electron chi connectivity index (χ0n) is 10.5. The predicted molar refractivity (Wildman–Crippen MR) is 68.7 cm³/mol. The van der Waals surface area contributed by atoms with E-state index < -0.39 is 0 Å². The molecule has 1 aliphatic rings. The van der Waals surface area contributed by atoms with Crippen molar-refractivity contribution in [3.63, 3.8) is 0 Å². The standard InChI is InChI=1S/C15H17NO/c1-15(2,3)14-13-11(9-17-14)8-10-6-4-5-7-12(10)16-13/h4-8,14H,9H2,1-3H3. The summed E-state index contributed by atoms with van der Waals surface area (Å²) >= 11 is 0. The van der Waals surface area contributed by atoms with Gasteiger partial charge in [0.25, 0.3) is 0 Å². The van der Waals surface area contributed by atoms with Crippen molar-refractivity contribution in [3.05, 3.63) is 41.6 Å². The Morgan fingerprint density at radius 1 is 1.24 bits per heavy atom. The summed E-state index contributed by atoms with van der Waals surface area (Å²) in [5.41, 5.74) is 3.52. The number of hydrogen-bond acceptors (Lipinski definition) is 2. The van der Waals surface area contributed by atoms with Crippen LogP contribution in [0.5, 0.6) is 0 Å². The maximum absolute atomic E-state index is 5.90. The summed E-state index contributed by atoms with van der Waals surface area (Å²) < 4.78 is 5.90. The van der Waals surface area contributed by atoms with E-state index in [4.69, 9.17) is 9.72 Å². The fraction of sp³-hybridized carbons (Fsp3) is 0.400. The summed E-state index contributed by atoms with van der Waals surface area (Å²) in [5, 5.41) is 1.20. The highest BCUT2D eigenvalue weighted by Gasteiger charge is 2.34. The Hall–Kier alpha value is -1.41. The lowest BCUT2D eigenvalue weighted by atomic mass is 9.86. The Bertz CT molecular complexity index is 569. The highest BCUT2D eigenvalue weighted by molar-refractivity contribution is 5.79. The second-order valence-electron chi connectivity index (χ2n) is 5.78. The summed E-state index contributed by atoms with van der Waals surface area (Å²) in [4.78, 5) is 4.78. The smallest absolute Gasteiger partial charge is 0.105 e. The van der Waals surface area contributed by atoms with Crippen molar-refractivity contribution in [1.29, 1.82) is 0 Å². The summed E-state index contributed by atoms with van der Waals surface area (Å²) in [6.45, 7) is 7.28. The molecule has 0 saturated carbocycles. The molecule has 0 bridgehead atoms. The van der Waals surface area contributed by atoms with Gasteiger partial charge in [0.05, 0.1) is 17.8 Å². The zero-order chi connectivity index (χ0) is 12.0. The summed E-state index contributed by atoms with van der Waals surface area (Å²) in [6, 6.07) is 10.5. The number of fused-ring (bicyclic) bond motifs is 2. The van der Waals surface area contributed by atoms with Gasteiger partial charge in [0.15, 0.2) is 0 Å². The van der Waals surface area contributed by atoms with E-state index in [0.717, 1.165) is 11.2 Å². The SMILES string of the molecule is CC(C)(C)C1OCc2cc3ccccc3nc21. The molecule has 1 aromatic carbocycles. The summed E-state index contributed by atoms with van der Waals surface area (Å²) in [5.74, 6) is 0. The first-order valence-corrected chi connectivity index (χ1v) is 6.06. The quantitative estimate of drug-likeness (QED) is 0.682. The number of ether oxygens (including phenoxy) is 1. The van der Waals surface area contributed by atoms with Crippen LogP contribution in [0.25, 0.3) is 10.9 Å². The first-order chi connectivity index (χ1) is 8.05. The number of aromatic nitrogens is 1. The molecule has 0 saturated heterocycles. The molecular weight excluding hydrogens is 210 g/mol. The minimum absolute atomic E-state index is 0.0979. The first kappa shape index (κ1) is 10.7. The van der Waals surface area contributed by atoms with Gasteiger partial charge in [-0.1, -0.05) is 39.0 Å². The molecule has 88 valence electrons. The Morgan fingerprint density at radius 2 is 2.00 bits per heavy atom. The van der Waals surface area contributed by atoms with Crippen LogP contribution in [0.3, 0.4) is 0 Å². The van der Waals surface area contributed by atoms with Crippen molar-refractivity contribution in [2.75, 3.05) is 0 Å². The van der Waals surface area contributed by atoms with Gasteiger partial charge in [-0.3, -0.25) is 0 Å². The Labute approximate surface area is 102 Å². The van der Waals surface area contributed by atoms with Crippen LogP contribution in [-0.4, -0.2) is 4.98 Å². The number of nitrogens with zero attached hydrogens (tertiary/aromatic N) is 1. The van der Waals surface area contributed by atoms with Gasteiger partial charge in [-0.25, -0.2) is 4.98 Å². The van der Waals surface area contributed by atoms with Crippen molar-refractivity contribution in [3.8, 4) is 0 Å². The van der Waals surface area contributed by atoms with Crippen LogP contribution in [0.4, 0.5) is 0 Å². The molecule has 1 aromatic heterocycles. The van der Waals surface area contributed by atoms with Crippen LogP contribution in [0.2, 0.25) is 0 Å². The topological polar surface area (TPSA) is 22.1 Å². The maximum atomic E-state index is 5.90. The molecule has 0 amide bonds. The molecule has 17 heavy (non-hydrogen) atoms. The van der Waals surface area contributed by atoms with Crippen LogP contribution in [0.15, 0.2) is 30.3 Å². The summed E-state index contributed by atoms with van der Waals surface area (Å²) in [7, 11) is 0. The third-order valence-electron chi connectivity index (χ3n) is 3.28. The Balaban J connectivity index is 2.18. The highest BCUT2D eigenvalue weighted by atomic mass is 16.5. The van der Waals surface area contributed by atoms with E-state index in [9.17, 15) is 0 Å². The van der Waals surface area contributed by atoms with Crippen molar-refractivity contribution in [2.45, 2.75) is 33.5 Å². The summed E-state index contributed by atoms with van der Waals surface area (Å²) in [6.07, 6.45) is 0.113. The van der Waals surface area contributed by atoms with Gasteiger partial charge in [-0.15, -0.1) is 0 Å². The Morgan fingerprint density at radius 3 is 2.76 bits per heavy atom. The number of rotatable bonds is 0. The lowest BCUT2D eigenvalue weighted by molar-refractivity contribution is -0.00968. The minimum atomic E-state index is 0.0979. The van der Waals surface area contributed by atoms with E-state index in [0.29, 0.717) is 6.61 Å². The number of para-hydroxylation sites is 1. The second-order valence-corrected chi connectivity index (χ2v) is 5.78. The molecular formula is C15H17NO. The van der Waals surface area contributed by atoms with Crippen LogP contribution in [0.1, 0.15) is 38.1 Å². The molecule has 0 N–H and O–H groups in total. The average Bonchev–Trinajstić information content (AvgIpc) is 2.68. The zero-order valence-corrected chi connectivity index (χ0v) is 10.5. The van der Waals surface area contributed by atoms with E-state index in [1.54, 1.807) is 0 Å². The first-order valence-electron chi connectivity index (χ1n) is 6.06. The fourth-order valence-electron chi connectivity index (χ4n) is 2.43. The highest BCUT2D eigenvalue weighted by Crippen LogP contribution is 2.42. The van der Waals surface area contributed by atoms with Gasteiger partial charge in [0.2, 0.25) is 0 Å². The molecule has 1 unspecified atom stereocenters. The van der Waals surface area contributed by atoms with E-state index in [-0.39, 0.29) is 11.5 Å². The van der Waals surface area contributed by atoms with Gasteiger partial charge >= 0.3 is 0 Å². The number of benzene rings is 1. The molecule has 3 rings (SSSR count).